The lowest BCUT2D eigenvalue weighted by Gasteiger charge is -2.11. The van der Waals surface area contributed by atoms with Gasteiger partial charge in [-0.1, -0.05) is 32.0 Å². The van der Waals surface area contributed by atoms with Crippen LogP contribution in [0, 0.1) is 0 Å². The lowest BCUT2D eigenvalue weighted by molar-refractivity contribution is -0.118. The third-order valence-corrected chi connectivity index (χ3v) is 5.29. The van der Waals surface area contributed by atoms with E-state index in [0.29, 0.717) is 17.4 Å². The number of H-pyrrole nitrogens is 1. The number of pyridine rings is 1. The minimum Gasteiger partial charge on any atom is -0.484 e. The third kappa shape index (κ3) is 3.65. The van der Waals surface area contributed by atoms with Crippen molar-refractivity contribution in [3.63, 3.8) is 0 Å². The zero-order valence-electron chi connectivity index (χ0n) is 16.2. The van der Waals surface area contributed by atoms with Gasteiger partial charge in [-0.15, -0.1) is 0 Å². The summed E-state index contributed by atoms with van der Waals surface area (Å²) in [5.41, 5.74) is 4.66. The van der Waals surface area contributed by atoms with Crippen LogP contribution in [0.25, 0.3) is 10.9 Å². The van der Waals surface area contributed by atoms with Crippen LogP contribution < -0.4 is 15.6 Å². The Morgan fingerprint density at radius 1 is 1.11 bits per heavy atom. The monoisotopic (exact) mass is 376 g/mol. The third-order valence-electron chi connectivity index (χ3n) is 5.29. The molecule has 0 atom stereocenters. The van der Waals surface area contributed by atoms with Crippen LogP contribution in [0.1, 0.15) is 42.9 Å². The molecule has 1 heterocycles. The van der Waals surface area contributed by atoms with Crippen molar-refractivity contribution in [1.82, 2.24) is 4.98 Å². The maximum atomic E-state index is 12.2. The number of aromatic amines is 1. The minimum absolute atomic E-state index is 0.0170. The smallest absolute Gasteiger partial charge is 0.262 e. The van der Waals surface area contributed by atoms with Crippen LogP contribution in [0.15, 0.2) is 47.3 Å². The fourth-order valence-corrected chi connectivity index (χ4v) is 3.77. The molecule has 0 spiro atoms. The first-order valence-electron chi connectivity index (χ1n) is 9.71. The van der Waals surface area contributed by atoms with Crippen molar-refractivity contribution < 1.29 is 9.53 Å². The van der Waals surface area contributed by atoms with Crippen LogP contribution in [0.2, 0.25) is 0 Å². The average molecular weight is 376 g/mol. The van der Waals surface area contributed by atoms with E-state index in [0.717, 1.165) is 41.3 Å². The molecule has 5 nitrogen and oxygen atoms in total. The fraction of sp³-hybridized carbons (Fsp3) is 0.304. The summed E-state index contributed by atoms with van der Waals surface area (Å²) >= 11 is 0. The maximum absolute atomic E-state index is 12.2. The second-order valence-electron chi connectivity index (χ2n) is 7.59. The first kappa shape index (κ1) is 18.3. The Labute approximate surface area is 163 Å². The number of nitrogens with one attached hydrogen (secondary N) is 2. The number of amides is 1. The van der Waals surface area contributed by atoms with E-state index in [1.807, 2.05) is 42.5 Å². The van der Waals surface area contributed by atoms with Gasteiger partial charge in [0.1, 0.15) is 5.75 Å². The Kier molecular flexibility index (Phi) is 4.90. The number of hydrogen-bond acceptors (Lipinski definition) is 3. The number of anilines is 1. The highest BCUT2D eigenvalue weighted by Gasteiger charge is 2.18. The standard InChI is InChI=1S/C23H24N2O3/c1-14(2)15-6-9-17(10-7-15)28-13-22(26)24-16-8-11-19-18-4-3-5-20(18)23(27)25-21(19)12-16/h6-12,14H,3-5,13H2,1-2H3,(H,24,26)(H,25,27). The van der Waals surface area contributed by atoms with Crippen LogP contribution >= 0.6 is 0 Å². The first-order chi connectivity index (χ1) is 13.5. The van der Waals surface area contributed by atoms with E-state index in [1.165, 1.54) is 5.56 Å². The van der Waals surface area contributed by atoms with Gasteiger partial charge in [-0.3, -0.25) is 9.59 Å². The second-order valence-corrected chi connectivity index (χ2v) is 7.59. The summed E-state index contributed by atoms with van der Waals surface area (Å²) in [6.45, 7) is 4.20. The predicted molar refractivity (Wildman–Crippen MR) is 111 cm³/mol. The molecule has 28 heavy (non-hydrogen) atoms. The molecular weight excluding hydrogens is 352 g/mol. The zero-order chi connectivity index (χ0) is 19.7. The number of benzene rings is 2. The molecule has 4 rings (SSSR count). The molecule has 3 aromatic rings. The van der Waals surface area contributed by atoms with Gasteiger partial charge in [-0.2, -0.15) is 0 Å². The topological polar surface area (TPSA) is 71.2 Å². The Morgan fingerprint density at radius 2 is 1.86 bits per heavy atom. The van der Waals surface area contributed by atoms with Crippen molar-refractivity contribution in [1.29, 1.82) is 0 Å². The van der Waals surface area contributed by atoms with Crippen molar-refractivity contribution in [3.05, 3.63) is 69.5 Å². The number of rotatable bonds is 5. The number of ether oxygens (including phenoxy) is 1. The summed E-state index contributed by atoms with van der Waals surface area (Å²) in [4.78, 5) is 27.4. The van der Waals surface area contributed by atoms with E-state index < -0.39 is 0 Å². The van der Waals surface area contributed by atoms with Crippen molar-refractivity contribution in [2.24, 2.45) is 0 Å². The molecule has 0 fully saturated rings. The number of fused-ring (bicyclic) bond motifs is 3. The van der Waals surface area contributed by atoms with E-state index >= 15 is 0 Å². The van der Waals surface area contributed by atoms with Gasteiger partial charge in [0, 0.05) is 16.6 Å². The minimum atomic E-state index is -0.240. The van der Waals surface area contributed by atoms with Gasteiger partial charge < -0.3 is 15.0 Å². The summed E-state index contributed by atoms with van der Waals surface area (Å²) in [6, 6.07) is 13.4. The van der Waals surface area contributed by atoms with Crippen LogP contribution in [0.4, 0.5) is 5.69 Å². The largest absolute Gasteiger partial charge is 0.484 e. The molecule has 144 valence electrons. The van der Waals surface area contributed by atoms with Gasteiger partial charge in [-0.25, -0.2) is 0 Å². The van der Waals surface area contributed by atoms with Crippen molar-refractivity contribution >= 4 is 22.5 Å². The van der Waals surface area contributed by atoms with Gasteiger partial charge >= 0.3 is 0 Å². The van der Waals surface area contributed by atoms with Gasteiger partial charge in [0.05, 0.1) is 5.52 Å². The quantitative estimate of drug-likeness (QED) is 0.702. The molecule has 1 amide bonds. The molecule has 0 saturated carbocycles. The lowest BCUT2D eigenvalue weighted by atomic mass is 10.0. The van der Waals surface area contributed by atoms with Crippen LogP contribution in [0.3, 0.4) is 0 Å². The molecule has 0 bridgehead atoms. The van der Waals surface area contributed by atoms with Gasteiger partial charge in [0.15, 0.2) is 6.61 Å². The molecule has 5 heteroatoms. The highest BCUT2D eigenvalue weighted by molar-refractivity contribution is 5.95. The van der Waals surface area contributed by atoms with Crippen molar-refractivity contribution in [2.75, 3.05) is 11.9 Å². The molecule has 2 aromatic carbocycles. The SMILES string of the molecule is CC(C)c1ccc(OCC(=O)Nc2ccc3c4c(c(=O)[nH]c3c2)CCC4)cc1. The highest BCUT2D eigenvalue weighted by Crippen LogP contribution is 2.27. The van der Waals surface area contributed by atoms with E-state index in [4.69, 9.17) is 4.74 Å². The van der Waals surface area contributed by atoms with Crippen molar-refractivity contribution in [2.45, 2.75) is 39.0 Å². The van der Waals surface area contributed by atoms with E-state index in [1.54, 1.807) is 0 Å². The van der Waals surface area contributed by atoms with Crippen molar-refractivity contribution in [3.8, 4) is 5.75 Å². The molecule has 0 aliphatic heterocycles. The van der Waals surface area contributed by atoms with Gasteiger partial charge in [0.25, 0.3) is 11.5 Å². The van der Waals surface area contributed by atoms with E-state index in [-0.39, 0.29) is 18.1 Å². The van der Waals surface area contributed by atoms with Crippen LogP contribution in [-0.2, 0) is 17.6 Å². The molecule has 1 aromatic heterocycles. The normalized spacial score (nSPS) is 13.0. The molecule has 2 N–H and O–H groups in total. The second kappa shape index (κ2) is 7.50. The predicted octanol–water partition coefficient (Wildman–Crippen LogP) is 4.16. The average Bonchev–Trinajstić information content (AvgIpc) is 3.17. The first-order valence-corrected chi connectivity index (χ1v) is 9.71. The number of aromatic nitrogens is 1. The Hall–Kier alpha value is -3.08. The highest BCUT2D eigenvalue weighted by atomic mass is 16.5. The Bertz CT molecular complexity index is 1080. The van der Waals surface area contributed by atoms with E-state index in [9.17, 15) is 9.59 Å². The Balaban J connectivity index is 1.43. The molecule has 0 saturated heterocycles. The number of carbonyl (C=O) groups excluding carboxylic acids is 1. The van der Waals surface area contributed by atoms with Gasteiger partial charge in [0.2, 0.25) is 0 Å². The zero-order valence-corrected chi connectivity index (χ0v) is 16.2. The van der Waals surface area contributed by atoms with Crippen LogP contribution in [0.5, 0.6) is 5.75 Å². The summed E-state index contributed by atoms with van der Waals surface area (Å²) in [7, 11) is 0. The Morgan fingerprint density at radius 3 is 2.61 bits per heavy atom. The molecule has 0 unspecified atom stereocenters. The number of carbonyl (C=O) groups is 1. The molecule has 0 radical (unpaired) electrons. The summed E-state index contributed by atoms with van der Waals surface area (Å²) in [5.74, 6) is 0.881. The summed E-state index contributed by atoms with van der Waals surface area (Å²) in [5, 5.41) is 3.90. The number of aryl methyl sites for hydroxylation is 1. The van der Waals surface area contributed by atoms with Crippen LogP contribution in [-0.4, -0.2) is 17.5 Å². The maximum Gasteiger partial charge on any atom is 0.262 e. The molecule has 1 aliphatic rings. The van der Waals surface area contributed by atoms with E-state index in [2.05, 4.69) is 24.1 Å². The number of hydrogen-bond donors (Lipinski definition) is 2. The summed E-state index contributed by atoms with van der Waals surface area (Å²) < 4.78 is 5.57. The fourth-order valence-electron chi connectivity index (χ4n) is 3.77. The lowest BCUT2D eigenvalue weighted by Crippen LogP contribution is -2.20. The molecular formula is C23H24N2O3. The van der Waals surface area contributed by atoms with Gasteiger partial charge in [-0.05, 0) is 60.6 Å². The molecule has 1 aliphatic carbocycles. The summed E-state index contributed by atoms with van der Waals surface area (Å²) in [6.07, 6.45) is 2.80.